The third-order valence-electron chi connectivity index (χ3n) is 3.15. The van der Waals surface area contributed by atoms with Crippen LogP contribution in [0.15, 0.2) is 35.1 Å². The van der Waals surface area contributed by atoms with E-state index < -0.39 is 29.6 Å². The number of aromatic nitrogens is 1. The number of hydrogen-bond acceptors (Lipinski definition) is 5. The number of para-hydroxylation sites is 1. The zero-order chi connectivity index (χ0) is 14.7. The molecule has 2 aromatic rings. The smallest absolute Gasteiger partial charge is 0.238 e. The Bertz CT molecular complexity index is 566. The highest BCUT2D eigenvalue weighted by atomic mass is 19.1. The molecule has 112 valence electrons. The first kappa shape index (κ1) is 14.0. The van der Waals surface area contributed by atoms with Crippen LogP contribution in [-0.2, 0) is 4.74 Å². The van der Waals surface area contributed by atoms with Gasteiger partial charge in [0.25, 0.3) is 0 Å². The maximum atomic E-state index is 13.7. The zero-order valence-electron chi connectivity index (χ0n) is 11.1. The molecule has 1 N–H and O–H groups in total. The van der Waals surface area contributed by atoms with E-state index in [0.29, 0.717) is 19.7 Å². The number of hydrogen-bond donors (Lipinski definition) is 1. The van der Waals surface area contributed by atoms with Gasteiger partial charge in [-0.1, -0.05) is 6.07 Å². The number of halogens is 2. The van der Waals surface area contributed by atoms with Crippen LogP contribution in [0.1, 0.15) is 12.0 Å². The fraction of sp³-hybridized carbons (Fsp3) is 0.357. The molecule has 2 atom stereocenters. The summed E-state index contributed by atoms with van der Waals surface area (Å²) in [6, 6.07) is 3.53. The molecule has 1 unspecified atom stereocenters. The number of rotatable bonds is 4. The number of benzene rings is 1. The van der Waals surface area contributed by atoms with Gasteiger partial charge in [0, 0.05) is 13.1 Å². The maximum Gasteiger partial charge on any atom is 0.238 e. The van der Waals surface area contributed by atoms with Crippen LogP contribution in [0.5, 0.6) is 5.75 Å². The Morgan fingerprint density at radius 3 is 2.76 bits per heavy atom. The Hall–Kier alpha value is -1.99. The van der Waals surface area contributed by atoms with E-state index in [9.17, 15) is 8.78 Å². The van der Waals surface area contributed by atoms with Crippen LogP contribution in [-0.4, -0.2) is 30.8 Å². The van der Waals surface area contributed by atoms with Gasteiger partial charge in [-0.15, -0.1) is 0 Å². The quantitative estimate of drug-likeness (QED) is 0.936. The Morgan fingerprint density at radius 2 is 2.14 bits per heavy atom. The van der Waals surface area contributed by atoms with Crippen LogP contribution in [0.3, 0.4) is 0 Å². The van der Waals surface area contributed by atoms with E-state index >= 15 is 0 Å². The summed E-state index contributed by atoms with van der Waals surface area (Å²) in [5.74, 6) is -1.81. The van der Waals surface area contributed by atoms with Crippen molar-refractivity contribution in [3.63, 3.8) is 0 Å². The van der Waals surface area contributed by atoms with Crippen LogP contribution in [0.25, 0.3) is 0 Å². The predicted molar refractivity (Wildman–Crippen MR) is 68.8 cm³/mol. The molecular weight excluding hydrogens is 282 g/mol. The van der Waals surface area contributed by atoms with Crippen molar-refractivity contribution in [3.05, 3.63) is 48.2 Å². The molecule has 0 spiro atoms. The summed E-state index contributed by atoms with van der Waals surface area (Å²) in [7, 11) is 0. The zero-order valence-corrected chi connectivity index (χ0v) is 11.1. The molecule has 1 aromatic carbocycles. The van der Waals surface area contributed by atoms with Crippen molar-refractivity contribution in [2.75, 3.05) is 19.7 Å². The average molecular weight is 296 g/mol. The SMILES string of the molecule is Fc1cccc(F)c1OC(c1ncco1)[C@@H]1CNCCO1. The minimum absolute atomic E-state index is 0.214. The Kier molecular flexibility index (Phi) is 4.12. The Morgan fingerprint density at radius 1 is 1.33 bits per heavy atom. The van der Waals surface area contributed by atoms with E-state index in [4.69, 9.17) is 13.9 Å². The molecule has 0 amide bonds. The molecule has 1 aromatic heterocycles. The van der Waals surface area contributed by atoms with Gasteiger partial charge in [-0.2, -0.15) is 0 Å². The van der Waals surface area contributed by atoms with E-state index in [-0.39, 0.29) is 5.89 Å². The molecule has 0 bridgehead atoms. The molecule has 7 heteroatoms. The van der Waals surface area contributed by atoms with Gasteiger partial charge in [0.2, 0.25) is 12.0 Å². The number of morpholine rings is 1. The fourth-order valence-corrected chi connectivity index (χ4v) is 2.16. The number of oxazole rings is 1. The lowest BCUT2D eigenvalue weighted by molar-refractivity contribution is -0.0541. The Labute approximate surface area is 119 Å². The highest BCUT2D eigenvalue weighted by Crippen LogP contribution is 2.30. The maximum absolute atomic E-state index is 13.7. The van der Waals surface area contributed by atoms with E-state index in [1.54, 1.807) is 0 Å². The van der Waals surface area contributed by atoms with Gasteiger partial charge < -0.3 is 19.2 Å². The average Bonchev–Trinajstić information content (AvgIpc) is 3.02. The molecule has 0 saturated carbocycles. The molecule has 1 fully saturated rings. The molecular formula is C14H14F2N2O3. The lowest BCUT2D eigenvalue weighted by atomic mass is 10.1. The minimum Gasteiger partial charge on any atom is -0.472 e. The van der Waals surface area contributed by atoms with Crippen molar-refractivity contribution in [2.24, 2.45) is 0 Å². The standard InChI is InChI=1S/C14H14F2N2O3/c15-9-2-1-3-10(16)12(9)21-13(14-18-5-7-20-14)11-8-17-4-6-19-11/h1-3,5,7,11,13,17H,4,6,8H2/t11-,13?/m0/s1. The van der Waals surface area contributed by atoms with Gasteiger partial charge in [0.15, 0.2) is 17.4 Å². The molecule has 1 aliphatic heterocycles. The van der Waals surface area contributed by atoms with E-state index in [0.717, 1.165) is 12.1 Å². The van der Waals surface area contributed by atoms with Crippen molar-refractivity contribution in [2.45, 2.75) is 12.2 Å². The molecule has 1 saturated heterocycles. The molecule has 21 heavy (non-hydrogen) atoms. The van der Waals surface area contributed by atoms with Gasteiger partial charge in [-0.25, -0.2) is 13.8 Å². The third-order valence-corrected chi connectivity index (χ3v) is 3.15. The highest BCUT2D eigenvalue weighted by molar-refractivity contribution is 5.26. The lowest BCUT2D eigenvalue weighted by Gasteiger charge is -2.29. The Balaban J connectivity index is 1.89. The second-order valence-corrected chi connectivity index (χ2v) is 4.57. The second kappa shape index (κ2) is 6.19. The van der Waals surface area contributed by atoms with Crippen LogP contribution >= 0.6 is 0 Å². The fourth-order valence-electron chi connectivity index (χ4n) is 2.16. The first-order chi connectivity index (χ1) is 10.3. The van der Waals surface area contributed by atoms with Crippen LogP contribution in [0.4, 0.5) is 8.78 Å². The van der Waals surface area contributed by atoms with E-state index in [2.05, 4.69) is 10.3 Å². The summed E-state index contributed by atoms with van der Waals surface area (Å²) in [5, 5.41) is 3.13. The van der Waals surface area contributed by atoms with Gasteiger partial charge in [-0.05, 0) is 12.1 Å². The number of ether oxygens (including phenoxy) is 2. The van der Waals surface area contributed by atoms with Gasteiger partial charge in [0.1, 0.15) is 12.4 Å². The second-order valence-electron chi connectivity index (χ2n) is 4.57. The molecule has 2 heterocycles. The van der Waals surface area contributed by atoms with Gasteiger partial charge >= 0.3 is 0 Å². The molecule has 3 rings (SSSR count). The lowest BCUT2D eigenvalue weighted by Crippen LogP contribution is -2.43. The number of nitrogens with one attached hydrogen (secondary N) is 1. The van der Waals surface area contributed by atoms with Crippen molar-refractivity contribution in [1.29, 1.82) is 0 Å². The normalized spacial score (nSPS) is 20.2. The van der Waals surface area contributed by atoms with E-state index in [1.165, 1.54) is 18.5 Å². The topological polar surface area (TPSA) is 56.5 Å². The summed E-state index contributed by atoms with van der Waals surface area (Å²) in [6.07, 6.45) is 1.54. The monoisotopic (exact) mass is 296 g/mol. The summed E-state index contributed by atoms with van der Waals surface area (Å²) >= 11 is 0. The van der Waals surface area contributed by atoms with Crippen molar-refractivity contribution in [3.8, 4) is 5.75 Å². The number of nitrogens with zero attached hydrogens (tertiary/aromatic N) is 1. The van der Waals surface area contributed by atoms with Crippen LogP contribution in [0.2, 0.25) is 0 Å². The molecule has 0 aliphatic carbocycles. The first-order valence-corrected chi connectivity index (χ1v) is 6.58. The van der Waals surface area contributed by atoms with E-state index in [1.807, 2.05) is 0 Å². The van der Waals surface area contributed by atoms with Crippen LogP contribution < -0.4 is 10.1 Å². The van der Waals surface area contributed by atoms with Crippen molar-refractivity contribution in [1.82, 2.24) is 10.3 Å². The molecule has 1 aliphatic rings. The predicted octanol–water partition coefficient (Wildman–Crippen LogP) is 2.06. The van der Waals surface area contributed by atoms with Crippen LogP contribution in [0, 0.1) is 11.6 Å². The van der Waals surface area contributed by atoms with Crippen molar-refractivity contribution >= 4 is 0 Å². The summed E-state index contributed by atoms with van der Waals surface area (Å²) < 4.78 is 43.8. The van der Waals surface area contributed by atoms with Crippen molar-refractivity contribution < 1.29 is 22.7 Å². The first-order valence-electron chi connectivity index (χ1n) is 6.58. The minimum atomic E-state index is -0.834. The highest BCUT2D eigenvalue weighted by Gasteiger charge is 2.32. The largest absolute Gasteiger partial charge is 0.472 e. The molecule has 0 radical (unpaired) electrons. The van der Waals surface area contributed by atoms with Gasteiger partial charge in [0.05, 0.1) is 12.8 Å². The summed E-state index contributed by atoms with van der Waals surface area (Å²) in [4.78, 5) is 4.00. The summed E-state index contributed by atoms with van der Waals surface area (Å²) in [5.41, 5.74) is 0. The van der Waals surface area contributed by atoms with Gasteiger partial charge in [-0.3, -0.25) is 0 Å². The third kappa shape index (κ3) is 3.03. The molecule has 5 nitrogen and oxygen atoms in total. The summed E-state index contributed by atoms with van der Waals surface area (Å²) in [6.45, 7) is 1.66.